The van der Waals surface area contributed by atoms with Gasteiger partial charge < -0.3 is 4.57 Å². The molecule has 1 N–H and O–H groups in total. The number of rotatable bonds is 2. The number of hydrogen-bond acceptors (Lipinski definition) is 2. The summed E-state index contributed by atoms with van der Waals surface area (Å²) in [7, 11) is 0. The average molecular weight is 237 g/mol. The molecule has 1 aromatic rings. The van der Waals surface area contributed by atoms with Crippen molar-refractivity contribution >= 4 is 12.2 Å². The highest BCUT2D eigenvalue weighted by Gasteiger charge is 2.36. The molecule has 2 saturated carbocycles. The van der Waals surface area contributed by atoms with Gasteiger partial charge in [0, 0.05) is 12.0 Å². The van der Waals surface area contributed by atoms with E-state index in [9.17, 15) is 0 Å². The van der Waals surface area contributed by atoms with Gasteiger partial charge in [-0.1, -0.05) is 13.8 Å². The first-order chi connectivity index (χ1) is 7.68. The summed E-state index contributed by atoms with van der Waals surface area (Å²) in [6.07, 6.45) is 5.16. The Morgan fingerprint density at radius 1 is 1.25 bits per heavy atom. The third kappa shape index (κ3) is 1.54. The largest absolute Gasteiger partial charge is 0.301 e. The SMILES string of the molecule is CC1CCC(n2c(C3CC3)n[nH]c2=S)C1C. The zero-order valence-corrected chi connectivity index (χ0v) is 10.8. The van der Waals surface area contributed by atoms with Crippen molar-refractivity contribution in [1.82, 2.24) is 14.8 Å². The van der Waals surface area contributed by atoms with Crippen LogP contribution in [0.4, 0.5) is 0 Å². The normalized spacial score (nSPS) is 34.5. The maximum absolute atomic E-state index is 5.39. The van der Waals surface area contributed by atoms with Crippen LogP contribution in [0.15, 0.2) is 0 Å². The fraction of sp³-hybridized carbons (Fsp3) is 0.833. The first kappa shape index (κ1) is 10.5. The molecule has 3 atom stereocenters. The molecule has 2 fully saturated rings. The topological polar surface area (TPSA) is 33.6 Å². The summed E-state index contributed by atoms with van der Waals surface area (Å²) in [5.41, 5.74) is 0. The second-order valence-corrected chi connectivity index (χ2v) is 5.90. The number of aromatic amines is 1. The molecule has 0 bridgehead atoms. The molecule has 88 valence electrons. The van der Waals surface area contributed by atoms with Gasteiger partial charge in [0.1, 0.15) is 5.82 Å². The molecule has 3 nitrogen and oxygen atoms in total. The summed E-state index contributed by atoms with van der Waals surface area (Å²) in [6.45, 7) is 4.71. The molecular formula is C12H19N3S. The lowest BCUT2D eigenvalue weighted by Crippen LogP contribution is -2.17. The van der Waals surface area contributed by atoms with Crippen LogP contribution in [0.1, 0.15) is 57.3 Å². The quantitative estimate of drug-likeness (QED) is 0.800. The molecule has 0 radical (unpaired) electrons. The minimum atomic E-state index is 0.580. The van der Waals surface area contributed by atoms with Crippen LogP contribution in [-0.4, -0.2) is 14.8 Å². The smallest absolute Gasteiger partial charge is 0.195 e. The summed E-state index contributed by atoms with van der Waals surface area (Å²) >= 11 is 5.39. The lowest BCUT2D eigenvalue weighted by Gasteiger charge is -2.21. The van der Waals surface area contributed by atoms with E-state index in [-0.39, 0.29) is 0 Å². The number of aromatic nitrogens is 3. The van der Waals surface area contributed by atoms with E-state index in [0.717, 1.165) is 16.6 Å². The van der Waals surface area contributed by atoms with Gasteiger partial charge in [0.05, 0.1) is 0 Å². The third-order valence-electron chi connectivity index (χ3n) is 4.43. The van der Waals surface area contributed by atoms with Crippen LogP contribution in [0.5, 0.6) is 0 Å². The van der Waals surface area contributed by atoms with Crippen LogP contribution in [-0.2, 0) is 0 Å². The van der Waals surface area contributed by atoms with Gasteiger partial charge >= 0.3 is 0 Å². The Hall–Kier alpha value is -0.640. The van der Waals surface area contributed by atoms with Crippen molar-refractivity contribution in [2.24, 2.45) is 11.8 Å². The molecule has 0 saturated heterocycles. The lowest BCUT2D eigenvalue weighted by atomic mass is 9.97. The fourth-order valence-corrected chi connectivity index (χ4v) is 3.24. The van der Waals surface area contributed by atoms with Crippen LogP contribution in [0.2, 0.25) is 0 Å². The van der Waals surface area contributed by atoms with Gasteiger partial charge in [0.15, 0.2) is 4.77 Å². The van der Waals surface area contributed by atoms with Crippen molar-refractivity contribution in [2.45, 2.75) is 51.5 Å². The molecule has 1 heterocycles. The first-order valence-electron chi connectivity index (χ1n) is 6.35. The van der Waals surface area contributed by atoms with E-state index in [2.05, 4.69) is 28.6 Å². The summed E-state index contributed by atoms with van der Waals surface area (Å²) in [4.78, 5) is 0. The van der Waals surface area contributed by atoms with E-state index < -0.39 is 0 Å². The Labute approximate surface area is 101 Å². The van der Waals surface area contributed by atoms with Gasteiger partial charge in [-0.2, -0.15) is 5.10 Å². The van der Waals surface area contributed by atoms with Gasteiger partial charge in [-0.05, 0) is 49.7 Å². The van der Waals surface area contributed by atoms with Crippen molar-refractivity contribution in [3.8, 4) is 0 Å². The molecule has 2 aliphatic rings. The molecular weight excluding hydrogens is 218 g/mol. The summed E-state index contributed by atoms with van der Waals surface area (Å²) in [5, 5.41) is 7.41. The van der Waals surface area contributed by atoms with Gasteiger partial charge in [-0.15, -0.1) is 0 Å². The van der Waals surface area contributed by atoms with Gasteiger partial charge in [-0.25, -0.2) is 0 Å². The van der Waals surface area contributed by atoms with Gasteiger partial charge in [-0.3, -0.25) is 5.10 Å². The first-order valence-corrected chi connectivity index (χ1v) is 6.76. The Morgan fingerprint density at radius 2 is 2.00 bits per heavy atom. The minimum absolute atomic E-state index is 0.580. The summed E-state index contributed by atoms with van der Waals surface area (Å²) in [5.74, 6) is 3.43. The number of hydrogen-bond donors (Lipinski definition) is 1. The van der Waals surface area contributed by atoms with Crippen molar-refractivity contribution < 1.29 is 0 Å². The van der Waals surface area contributed by atoms with Crippen LogP contribution < -0.4 is 0 Å². The molecule has 3 rings (SSSR count). The zero-order valence-electron chi connectivity index (χ0n) is 9.94. The van der Waals surface area contributed by atoms with Crippen molar-refractivity contribution in [2.75, 3.05) is 0 Å². The molecule has 16 heavy (non-hydrogen) atoms. The third-order valence-corrected chi connectivity index (χ3v) is 4.72. The Bertz CT molecular complexity index is 443. The van der Waals surface area contributed by atoms with Gasteiger partial charge in [0.2, 0.25) is 0 Å². The highest BCUT2D eigenvalue weighted by Crippen LogP contribution is 2.45. The highest BCUT2D eigenvalue weighted by atomic mass is 32.1. The van der Waals surface area contributed by atoms with Crippen molar-refractivity contribution in [3.05, 3.63) is 10.6 Å². The van der Waals surface area contributed by atoms with Crippen LogP contribution in [0, 0.1) is 16.6 Å². The van der Waals surface area contributed by atoms with E-state index in [1.54, 1.807) is 0 Å². The highest BCUT2D eigenvalue weighted by molar-refractivity contribution is 7.71. The monoisotopic (exact) mass is 237 g/mol. The van der Waals surface area contributed by atoms with Crippen molar-refractivity contribution in [3.63, 3.8) is 0 Å². The second kappa shape index (κ2) is 3.69. The molecule has 0 spiro atoms. The van der Waals surface area contributed by atoms with E-state index in [1.807, 2.05) is 0 Å². The van der Waals surface area contributed by atoms with E-state index >= 15 is 0 Å². The van der Waals surface area contributed by atoms with Crippen LogP contribution in [0.25, 0.3) is 0 Å². The van der Waals surface area contributed by atoms with Gasteiger partial charge in [0.25, 0.3) is 0 Å². The molecule has 1 aromatic heterocycles. The maximum atomic E-state index is 5.39. The second-order valence-electron chi connectivity index (χ2n) is 5.51. The number of nitrogens with one attached hydrogen (secondary N) is 1. The lowest BCUT2D eigenvalue weighted by molar-refractivity contribution is 0.343. The van der Waals surface area contributed by atoms with Crippen molar-refractivity contribution in [1.29, 1.82) is 0 Å². The molecule has 4 heteroatoms. The minimum Gasteiger partial charge on any atom is -0.301 e. The molecule has 0 aliphatic heterocycles. The fourth-order valence-electron chi connectivity index (χ4n) is 2.97. The van der Waals surface area contributed by atoms with E-state index in [4.69, 9.17) is 12.2 Å². The Kier molecular flexibility index (Phi) is 2.42. The number of H-pyrrole nitrogens is 1. The Balaban J connectivity index is 1.99. The molecule has 0 aromatic carbocycles. The number of nitrogens with zero attached hydrogens (tertiary/aromatic N) is 2. The molecule has 3 unspecified atom stereocenters. The maximum Gasteiger partial charge on any atom is 0.195 e. The van der Waals surface area contributed by atoms with Crippen LogP contribution >= 0.6 is 12.2 Å². The summed E-state index contributed by atoms with van der Waals surface area (Å²) < 4.78 is 3.15. The Morgan fingerprint density at radius 3 is 2.56 bits per heavy atom. The predicted octanol–water partition coefficient (Wildman–Crippen LogP) is 3.43. The standard InChI is InChI=1S/C12H19N3S/c1-7-3-6-10(8(7)2)15-11(9-4-5-9)13-14-12(15)16/h7-10H,3-6H2,1-2H3,(H,14,16). The predicted molar refractivity (Wildman–Crippen MR) is 66.0 cm³/mol. The summed E-state index contributed by atoms with van der Waals surface area (Å²) in [6, 6.07) is 0.580. The van der Waals surface area contributed by atoms with Crippen LogP contribution in [0.3, 0.4) is 0 Å². The molecule has 2 aliphatic carbocycles. The average Bonchev–Trinajstić information content (AvgIpc) is 2.97. The van der Waals surface area contributed by atoms with E-state index in [0.29, 0.717) is 12.0 Å². The molecule has 0 amide bonds. The zero-order chi connectivity index (χ0) is 11.3. The van der Waals surface area contributed by atoms with E-state index in [1.165, 1.54) is 31.5 Å².